The fourth-order valence-corrected chi connectivity index (χ4v) is 2.34. The molecule has 3 heteroatoms. The third kappa shape index (κ3) is 2.23. The Kier molecular flexibility index (Phi) is 3.33. The monoisotopic (exact) mass is 266 g/mol. The van der Waals surface area contributed by atoms with Crippen molar-refractivity contribution in [2.45, 2.75) is 13.3 Å². The van der Waals surface area contributed by atoms with Crippen LogP contribution in [0.15, 0.2) is 54.7 Å². The summed E-state index contributed by atoms with van der Waals surface area (Å²) < 4.78 is 13.8. The summed E-state index contributed by atoms with van der Waals surface area (Å²) in [6.07, 6.45) is 2.57. The van der Waals surface area contributed by atoms with Crippen molar-refractivity contribution in [3.8, 4) is 0 Å². The molecular formula is C17H15FN2. The number of fused-ring (bicyclic) bond motifs is 1. The van der Waals surface area contributed by atoms with Crippen molar-refractivity contribution in [1.82, 2.24) is 4.98 Å². The topological polar surface area (TPSA) is 24.9 Å². The molecular weight excluding hydrogens is 251 g/mol. The standard InChI is InChI=1S/C17H15FN2/c1-2-12-6-3-4-9-15(12)20-16-10-11-19-17-13(16)7-5-8-14(17)18/h3-11H,2H2,1H3,(H,19,20). The molecule has 20 heavy (non-hydrogen) atoms. The van der Waals surface area contributed by atoms with Gasteiger partial charge < -0.3 is 5.32 Å². The molecule has 0 amide bonds. The van der Waals surface area contributed by atoms with Crippen LogP contribution in [0.1, 0.15) is 12.5 Å². The quantitative estimate of drug-likeness (QED) is 0.744. The summed E-state index contributed by atoms with van der Waals surface area (Å²) in [4.78, 5) is 4.11. The van der Waals surface area contributed by atoms with E-state index in [-0.39, 0.29) is 5.82 Å². The number of hydrogen-bond donors (Lipinski definition) is 1. The van der Waals surface area contributed by atoms with Gasteiger partial charge in [-0.05, 0) is 30.2 Å². The third-order valence-electron chi connectivity index (χ3n) is 3.39. The number of hydrogen-bond acceptors (Lipinski definition) is 2. The average molecular weight is 266 g/mol. The summed E-state index contributed by atoms with van der Waals surface area (Å²) in [5, 5.41) is 4.18. The van der Waals surface area contributed by atoms with Crippen LogP contribution >= 0.6 is 0 Å². The van der Waals surface area contributed by atoms with Gasteiger partial charge in [-0.1, -0.05) is 37.3 Å². The second-order valence-corrected chi connectivity index (χ2v) is 4.63. The van der Waals surface area contributed by atoms with Gasteiger partial charge in [-0.15, -0.1) is 0 Å². The second-order valence-electron chi connectivity index (χ2n) is 4.63. The van der Waals surface area contributed by atoms with Crippen molar-refractivity contribution in [3.63, 3.8) is 0 Å². The van der Waals surface area contributed by atoms with E-state index in [0.29, 0.717) is 5.52 Å². The summed E-state index contributed by atoms with van der Waals surface area (Å²) in [6.45, 7) is 2.12. The van der Waals surface area contributed by atoms with E-state index in [2.05, 4.69) is 23.3 Å². The molecule has 3 aromatic rings. The maximum atomic E-state index is 13.8. The van der Waals surface area contributed by atoms with Crippen LogP contribution in [0.25, 0.3) is 10.9 Å². The van der Waals surface area contributed by atoms with Gasteiger partial charge in [0, 0.05) is 23.0 Å². The molecule has 0 saturated heterocycles. The Hall–Kier alpha value is -2.42. The lowest BCUT2D eigenvalue weighted by Crippen LogP contribution is -1.97. The molecule has 0 bridgehead atoms. The first kappa shape index (κ1) is 12.6. The number of pyridine rings is 1. The molecule has 100 valence electrons. The molecule has 2 aromatic carbocycles. The zero-order chi connectivity index (χ0) is 13.9. The van der Waals surface area contributed by atoms with Gasteiger partial charge >= 0.3 is 0 Å². The summed E-state index contributed by atoms with van der Waals surface area (Å²) in [6, 6.07) is 15.0. The van der Waals surface area contributed by atoms with Crippen molar-refractivity contribution in [2.75, 3.05) is 5.32 Å². The SMILES string of the molecule is CCc1ccccc1Nc1ccnc2c(F)cccc12. The number of para-hydroxylation sites is 2. The molecule has 0 radical (unpaired) electrons. The molecule has 0 aliphatic rings. The minimum atomic E-state index is -0.296. The predicted octanol–water partition coefficient (Wildman–Crippen LogP) is 4.68. The third-order valence-corrected chi connectivity index (χ3v) is 3.39. The Morgan fingerprint density at radius 1 is 1.00 bits per heavy atom. The maximum absolute atomic E-state index is 13.8. The van der Waals surface area contributed by atoms with Crippen LogP contribution in [-0.2, 0) is 6.42 Å². The molecule has 0 atom stereocenters. The number of rotatable bonds is 3. The minimum absolute atomic E-state index is 0.296. The first-order chi connectivity index (χ1) is 9.79. The number of aryl methyl sites for hydroxylation is 1. The van der Waals surface area contributed by atoms with Crippen LogP contribution in [0, 0.1) is 5.82 Å². The molecule has 1 N–H and O–H groups in total. The van der Waals surface area contributed by atoms with Gasteiger partial charge in [0.1, 0.15) is 11.3 Å². The predicted molar refractivity (Wildman–Crippen MR) is 80.8 cm³/mol. The lowest BCUT2D eigenvalue weighted by atomic mass is 10.1. The molecule has 0 saturated carbocycles. The van der Waals surface area contributed by atoms with Crippen LogP contribution in [0.4, 0.5) is 15.8 Å². The molecule has 0 spiro atoms. The highest BCUT2D eigenvalue weighted by Crippen LogP contribution is 2.28. The van der Waals surface area contributed by atoms with Crippen molar-refractivity contribution in [2.24, 2.45) is 0 Å². The smallest absolute Gasteiger partial charge is 0.149 e. The zero-order valence-electron chi connectivity index (χ0n) is 11.2. The molecule has 0 aliphatic heterocycles. The van der Waals surface area contributed by atoms with Gasteiger partial charge in [-0.2, -0.15) is 0 Å². The number of nitrogens with zero attached hydrogens (tertiary/aromatic N) is 1. The Morgan fingerprint density at radius 2 is 1.85 bits per heavy atom. The number of halogens is 1. The number of aromatic nitrogens is 1. The van der Waals surface area contributed by atoms with Crippen molar-refractivity contribution in [1.29, 1.82) is 0 Å². The van der Waals surface area contributed by atoms with Crippen molar-refractivity contribution in [3.05, 3.63) is 66.1 Å². The Morgan fingerprint density at radius 3 is 2.70 bits per heavy atom. The van der Waals surface area contributed by atoms with Crippen LogP contribution in [0.3, 0.4) is 0 Å². The molecule has 0 aliphatic carbocycles. The summed E-state index contributed by atoms with van der Waals surface area (Å²) in [5.74, 6) is -0.296. The normalized spacial score (nSPS) is 10.7. The lowest BCUT2D eigenvalue weighted by Gasteiger charge is -2.12. The van der Waals surface area contributed by atoms with E-state index in [4.69, 9.17) is 0 Å². The van der Waals surface area contributed by atoms with Crippen molar-refractivity contribution >= 4 is 22.3 Å². The fraction of sp³-hybridized carbons (Fsp3) is 0.118. The van der Waals surface area contributed by atoms with Crippen LogP contribution in [0.2, 0.25) is 0 Å². The van der Waals surface area contributed by atoms with Crippen LogP contribution in [-0.4, -0.2) is 4.98 Å². The Balaban J connectivity index is 2.09. The van der Waals surface area contributed by atoms with E-state index < -0.39 is 0 Å². The van der Waals surface area contributed by atoms with Crippen molar-refractivity contribution < 1.29 is 4.39 Å². The molecule has 0 fully saturated rings. The summed E-state index contributed by atoms with van der Waals surface area (Å²) >= 11 is 0. The molecule has 3 rings (SSSR count). The van der Waals surface area contributed by atoms with E-state index in [1.807, 2.05) is 30.3 Å². The lowest BCUT2D eigenvalue weighted by molar-refractivity contribution is 0.637. The van der Waals surface area contributed by atoms with Crippen LogP contribution < -0.4 is 5.32 Å². The number of benzene rings is 2. The van der Waals surface area contributed by atoms with Gasteiger partial charge in [-0.25, -0.2) is 4.39 Å². The summed E-state index contributed by atoms with van der Waals surface area (Å²) in [5.41, 5.74) is 3.54. The largest absolute Gasteiger partial charge is 0.355 e. The van der Waals surface area contributed by atoms with Gasteiger partial charge in [-0.3, -0.25) is 4.98 Å². The highest BCUT2D eigenvalue weighted by Gasteiger charge is 2.07. The van der Waals surface area contributed by atoms with E-state index in [1.165, 1.54) is 11.6 Å². The highest BCUT2D eigenvalue weighted by molar-refractivity contribution is 5.93. The maximum Gasteiger partial charge on any atom is 0.149 e. The first-order valence-corrected chi connectivity index (χ1v) is 6.67. The Labute approximate surface area is 117 Å². The van der Waals surface area contributed by atoms with Gasteiger partial charge in [0.05, 0.1) is 0 Å². The summed E-state index contributed by atoms with van der Waals surface area (Å²) in [7, 11) is 0. The minimum Gasteiger partial charge on any atom is -0.355 e. The van der Waals surface area contributed by atoms with E-state index >= 15 is 0 Å². The zero-order valence-corrected chi connectivity index (χ0v) is 11.2. The average Bonchev–Trinajstić information content (AvgIpc) is 2.49. The van der Waals surface area contributed by atoms with Gasteiger partial charge in [0.25, 0.3) is 0 Å². The number of nitrogens with one attached hydrogen (secondary N) is 1. The van der Waals surface area contributed by atoms with E-state index in [0.717, 1.165) is 23.2 Å². The van der Waals surface area contributed by atoms with Crippen LogP contribution in [0.5, 0.6) is 0 Å². The van der Waals surface area contributed by atoms with E-state index in [1.54, 1.807) is 12.3 Å². The molecule has 0 unspecified atom stereocenters. The first-order valence-electron chi connectivity index (χ1n) is 6.67. The number of anilines is 2. The van der Waals surface area contributed by atoms with E-state index in [9.17, 15) is 4.39 Å². The second kappa shape index (κ2) is 5.29. The molecule has 1 heterocycles. The molecule has 1 aromatic heterocycles. The fourth-order valence-electron chi connectivity index (χ4n) is 2.34. The van der Waals surface area contributed by atoms with Gasteiger partial charge in [0.15, 0.2) is 0 Å². The Bertz CT molecular complexity index is 753. The van der Waals surface area contributed by atoms with Gasteiger partial charge in [0.2, 0.25) is 0 Å². The molecule has 2 nitrogen and oxygen atoms in total. The highest BCUT2D eigenvalue weighted by atomic mass is 19.1.